The summed E-state index contributed by atoms with van der Waals surface area (Å²) in [6.07, 6.45) is 0. The molecule has 0 heterocycles. The Morgan fingerprint density at radius 2 is 2.17 bits per heavy atom. The van der Waals surface area contributed by atoms with Crippen molar-refractivity contribution >= 4 is 5.97 Å². The molecule has 0 radical (unpaired) electrons. The summed E-state index contributed by atoms with van der Waals surface area (Å²) in [6.45, 7) is 5.66. The van der Waals surface area contributed by atoms with Gasteiger partial charge in [-0.05, 0) is 6.92 Å². The summed E-state index contributed by atoms with van der Waals surface area (Å²) in [6, 6.07) is -0.434. The number of ether oxygens (including phenoxy) is 1. The fraction of sp³-hybridized carbons (Fsp3) is 0.875. The Labute approximate surface area is 72.9 Å². The maximum absolute atomic E-state index is 11.1. The molecule has 4 heteroatoms. The number of hydrogen-bond donors (Lipinski definition) is 2. The Bertz CT molecular complexity index is 136. The molecule has 0 aromatic heterocycles. The second-order valence-corrected chi connectivity index (χ2v) is 2.81. The molecule has 0 aliphatic heterocycles. The first-order chi connectivity index (χ1) is 5.61. The van der Waals surface area contributed by atoms with Gasteiger partial charge in [-0.3, -0.25) is 4.79 Å². The van der Waals surface area contributed by atoms with Crippen molar-refractivity contribution in [1.29, 1.82) is 0 Å². The van der Waals surface area contributed by atoms with Crippen molar-refractivity contribution in [2.75, 3.05) is 13.2 Å². The zero-order valence-corrected chi connectivity index (χ0v) is 7.83. The van der Waals surface area contributed by atoms with Gasteiger partial charge in [0.2, 0.25) is 0 Å². The van der Waals surface area contributed by atoms with Gasteiger partial charge in [0.1, 0.15) is 6.04 Å². The van der Waals surface area contributed by atoms with Crippen LogP contribution in [0.4, 0.5) is 0 Å². The lowest BCUT2D eigenvalue weighted by Gasteiger charge is -2.16. The van der Waals surface area contributed by atoms with Crippen molar-refractivity contribution < 1.29 is 14.6 Å². The molecule has 2 N–H and O–H groups in total. The number of esters is 1. The predicted molar refractivity (Wildman–Crippen MR) is 45.8 cm³/mol. The smallest absolute Gasteiger partial charge is 0.325 e. The normalized spacial score (nSPS) is 13.1. The van der Waals surface area contributed by atoms with Gasteiger partial charge in [0, 0.05) is 6.04 Å². The van der Waals surface area contributed by atoms with Crippen molar-refractivity contribution in [1.82, 2.24) is 5.32 Å². The van der Waals surface area contributed by atoms with Crippen LogP contribution in [-0.4, -0.2) is 36.4 Å². The minimum atomic E-state index is -0.593. The SMILES string of the molecule is CCOC(=O)C(CO)NC(C)C. The number of hydrogen-bond acceptors (Lipinski definition) is 4. The van der Waals surface area contributed by atoms with Gasteiger partial charge in [-0.15, -0.1) is 0 Å². The van der Waals surface area contributed by atoms with E-state index in [1.807, 2.05) is 13.8 Å². The summed E-state index contributed by atoms with van der Waals surface area (Å²) in [5, 5.41) is 11.7. The highest BCUT2D eigenvalue weighted by molar-refractivity contribution is 5.75. The third-order valence-electron chi connectivity index (χ3n) is 1.29. The zero-order valence-electron chi connectivity index (χ0n) is 7.83. The maximum atomic E-state index is 11.1. The van der Waals surface area contributed by atoms with Gasteiger partial charge in [0.05, 0.1) is 13.2 Å². The van der Waals surface area contributed by atoms with Crippen LogP contribution in [-0.2, 0) is 9.53 Å². The molecule has 1 unspecified atom stereocenters. The van der Waals surface area contributed by atoms with Crippen LogP contribution in [0.1, 0.15) is 20.8 Å². The van der Waals surface area contributed by atoms with E-state index in [-0.39, 0.29) is 12.6 Å². The van der Waals surface area contributed by atoms with Gasteiger partial charge in [0.25, 0.3) is 0 Å². The lowest BCUT2D eigenvalue weighted by molar-refractivity contribution is -0.146. The average Bonchev–Trinajstić information content (AvgIpc) is 2.00. The van der Waals surface area contributed by atoms with E-state index in [4.69, 9.17) is 9.84 Å². The van der Waals surface area contributed by atoms with Crippen LogP contribution in [0.2, 0.25) is 0 Å². The van der Waals surface area contributed by atoms with Crippen molar-refractivity contribution in [2.24, 2.45) is 0 Å². The fourth-order valence-corrected chi connectivity index (χ4v) is 0.841. The first-order valence-corrected chi connectivity index (χ1v) is 4.15. The average molecular weight is 175 g/mol. The van der Waals surface area contributed by atoms with Crippen molar-refractivity contribution in [2.45, 2.75) is 32.9 Å². The van der Waals surface area contributed by atoms with E-state index >= 15 is 0 Å². The highest BCUT2D eigenvalue weighted by atomic mass is 16.5. The molecule has 0 saturated carbocycles. The quantitative estimate of drug-likeness (QED) is 0.573. The third-order valence-corrected chi connectivity index (χ3v) is 1.29. The molecule has 0 saturated heterocycles. The van der Waals surface area contributed by atoms with Gasteiger partial charge in [-0.1, -0.05) is 13.8 Å². The second kappa shape index (κ2) is 5.97. The van der Waals surface area contributed by atoms with Crippen LogP contribution < -0.4 is 5.32 Å². The van der Waals surface area contributed by atoms with E-state index in [2.05, 4.69) is 5.32 Å². The molecule has 1 atom stereocenters. The van der Waals surface area contributed by atoms with Crippen LogP contribution in [0.15, 0.2) is 0 Å². The third kappa shape index (κ3) is 4.31. The van der Waals surface area contributed by atoms with E-state index in [0.717, 1.165) is 0 Å². The molecule has 0 aromatic carbocycles. The molecule has 0 aliphatic carbocycles. The molecule has 0 fully saturated rings. The first kappa shape index (κ1) is 11.4. The molecule has 0 rings (SSSR count). The molecular weight excluding hydrogens is 158 g/mol. The van der Waals surface area contributed by atoms with E-state index in [0.29, 0.717) is 6.61 Å². The van der Waals surface area contributed by atoms with E-state index in [9.17, 15) is 4.79 Å². The molecule has 0 aromatic rings. The summed E-state index contributed by atoms with van der Waals surface area (Å²) in [5.41, 5.74) is 0. The zero-order chi connectivity index (χ0) is 9.56. The van der Waals surface area contributed by atoms with Gasteiger partial charge in [0.15, 0.2) is 0 Å². The molecule has 12 heavy (non-hydrogen) atoms. The lowest BCUT2D eigenvalue weighted by atomic mass is 10.2. The number of aliphatic hydroxyl groups excluding tert-OH is 1. The van der Waals surface area contributed by atoms with Crippen LogP contribution in [0.5, 0.6) is 0 Å². The summed E-state index contributed by atoms with van der Waals surface area (Å²) < 4.78 is 4.73. The van der Waals surface area contributed by atoms with Gasteiger partial charge < -0.3 is 15.2 Å². The number of aliphatic hydroxyl groups is 1. The standard InChI is InChI=1S/C8H17NO3/c1-4-12-8(11)7(5-10)9-6(2)3/h6-7,9-10H,4-5H2,1-3H3. The minimum absolute atomic E-state index is 0.159. The summed E-state index contributed by atoms with van der Waals surface area (Å²) in [4.78, 5) is 11.1. The molecule has 72 valence electrons. The molecule has 0 bridgehead atoms. The summed E-state index contributed by atoms with van der Waals surface area (Å²) >= 11 is 0. The number of nitrogens with one attached hydrogen (secondary N) is 1. The number of carbonyl (C=O) groups is 1. The van der Waals surface area contributed by atoms with Gasteiger partial charge >= 0.3 is 5.97 Å². The molecule has 0 spiro atoms. The van der Waals surface area contributed by atoms with Crippen molar-refractivity contribution in [3.05, 3.63) is 0 Å². The summed E-state index contributed by atoms with van der Waals surface area (Å²) in [7, 11) is 0. The Morgan fingerprint density at radius 1 is 1.58 bits per heavy atom. The molecule has 0 aliphatic rings. The van der Waals surface area contributed by atoms with Crippen LogP contribution >= 0.6 is 0 Å². The second-order valence-electron chi connectivity index (χ2n) is 2.81. The lowest BCUT2D eigenvalue weighted by Crippen LogP contribution is -2.44. The Morgan fingerprint density at radius 3 is 2.50 bits per heavy atom. The largest absolute Gasteiger partial charge is 0.465 e. The minimum Gasteiger partial charge on any atom is -0.465 e. The Kier molecular flexibility index (Phi) is 5.66. The van der Waals surface area contributed by atoms with E-state index < -0.39 is 12.0 Å². The predicted octanol–water partition coefficient (Wildman–Crippen LogP) is -0.0916. The monoisotopic (exact) mass is 175 g/mol. The Balaban J connectivity index is 3.87. The molecule has 0 amide bonds. The topological polar surface area (TPSA) is 58.6 Å². The highest BCUT2D eigenvalue weighted by Gasteiger charge is 2.18. The van der Waals surface area contributed by atoms with Gasteiger partial charge in [-0.25, -0.2) is 0 Å². The van der Waals surface area contributed by atoms with Crippen LogP contribution in [0, 0.1) is 0 Å². The maximum Gasteiger partial charge on any atom is 0.325 e. The first-order valence-electron chi connectivity index (χ1n) is 4.15. The van der Waals surface area contributed by atoms with E-state index in [1.54, 1.807) is 6.92 Å². The van der Waals surface area contributed by atoms with Crippen LogP contribution in [0.3, 0.4) is 0 Å². The molecular formula is C8H17NO3. The number of rotatable bonds is 5. The van der Waals surface area contributed by atoms with Gasteiger partial charge in [-0.2, -0.15) is 0 Å². The fourth-order valence-electron chi connectivity index (χ4n) is 0.841. The van der Waals surface area contributed by atoms with Crippen molar-refractivity contribution in [3.8, 4) is 0 Å². The number of carbonyl (C=O) groups excluding carboxylic acids is 1. The van der Waals surface area contributed by atoms with Crippen LogP contribution in [0.25, 0.3) is 0 Å². The summed E-state index contributed by atoms with van der Waals surface area (Å²) in [5.74, 6) is -0.395. The Hall–Kier alpha value is -0.610. The highest BCUT2D eigenvalue weighted by Crippen LogP contribution is 1.90. The molecule has 4 nitrogen and oxygen atoms in total. The van der Waals surface area contributed by atoms with Crippen molar-refractivity contribution in [3.63, 3.8) is 0 Å². The van der Waals surface area contributed by atoms with E-state index in [1.165, 1.54) is 0 Å².